The van der Waals surface area contributed by atoms with Crippen LogP contribution >= 0.6 is 22.7 Å². The maximum absolute atomic E-state index is 12.8. The van der Waals surface area contributed by atoms with Crippen molar-refractivity contribution in [3.05, 3.63) is 98.3 Å². The molecule has 0 aliphatic heterocycles. The van der Waals surface area contributed by atoms with Gasteiger partial charge in [-0.1, -0.05) is 54.6 Å². The fourth-order valence-electron chi connectivity index (χ4n) is 4.01. The van der Waals surface area contributed by atoms with Gasteiger partial charge in [-0.15, -0.1) is 22.7 Å². The first-order valence-corrected chi connectivity index (χ1v) is 12.9. The SMILES string of the molecule is Cc1ccc(-c2csc(NC(=O)Cc3sc(Cc4cccc5ccccc45)nc3C)n2)cc1C. The summed E-state index contributed by atoms with van der Waals surface area (Å²) in [4.78, 5) is 23.1. The predicted octanol–water partition coefficient (Wildman–Crippen LogP) is 7.12. The van der Waals surface area contributed by atoms with Crippen molar-refractivity contribution in [2.75, 3.05) is 5.32 Å². The fraction of sp³-hybridized carbons (Fsp3) is 0.179. The van der Waals surface area contributed by atoms with E-state index in [2.05, 4.69) is 84.8 Å². The second-order valence-electron chi connectivity index (χ2n) is 8.49. The summed E-state index contributed by atoms with van der Waals surface area (Å²) in [7, 11) is 0. The molecule has 5 rings (SSSR count). The largest absolute Gasteiger partial charge is 0.302 e. The summed E-state index contributed by atoms with van der Waals surface area (Å²) in [5.74, 6) is -0.0653. The van der Waals surface area contributed by atoms with Gasteiger partial charge in [0.1, 0.15) is 0 Å². The van der Waals surface area contributed by atoms with Crippen LogP contribution in [0, 0.1) is 20.8 Å². The number of hydrogen-bond acceptors (Lipinski definition) is 5. The van der Waals surface area contributed by atoms with Crippen molar-refractivity contribution in [2.24, 2.45) is 0 Å². The molecule has 5 aromatic rings. The highest BCUT2D eigenvalue weighted by molar-refractivity contribution is 7.14. The highest BCUT2D eigenvalue weighted by Crippen LogP contribution is 2.28. The lowest BCUT2D eigenvalue weighted by atomic mass is 10.0. The zero-order valence-electron chi connectivity index (χ0n) is 19.4. The number of aryl methyl sites for hydroxylation is 3. The summed E-state index contributed by atoms with van der Waals surface area (Å²) in [6.07, 6.45) is 1.07. The second-order valence-corrected chi connectivity index (χ2v) is 10.5. The summed E-state index contributed by atoms with van der Waals surface area (Å²) >= 11 is 3.07. The summed E-state index contributed by atoms with van der Waals surface area (Å²) in [6.45, 7) is 6.17. The van der Waals surface area contributed by atoms with E-state index in [9.17, 15) is 4.79 Å². The Labute approximate surface area is 207 Å². The van der Waals surface area contributed by atoms with Gasteiger partial charge >= 0.3 is 0 Å². The molecule has 3 aromatic carbocycles. The molecule has 0 fully saturated rings. The van der Waals surface area contributed by atoms with E-state index in [-0.39, 0.29) is 5.91 Å². The van der Waals surface area contributed by atoms with Crippen LogP contribution in [-0.2, 0) is 17.6 Å². The van der Waals surface area contributed by atoms with Gasteiger partial charge in [0.05, 0.1) is 22.8 Å². The first-order chi connectivity index (χ1) is 16.5. The lowest BCUT2D eigenvalue weighted by Crippen LogP contribution is -2.14. The highest BCUT2D eigenvalue weighted by Gasteiger charge is 2.15. The quantitative estimate of drug-likeness (QED) is 0.280. The standard InChI is InChI=1S/C28H25N3OS2/c1-17-11-12-22(13-18(17)2)24-16-33-28(30-24)31-26(32)15-25-19(3)29-27(34-25)14-21-9-6-8-20-7-4-5-10-23(20)21/h4-13,16H,14-15H2,1-3H3,(H,30,31,32). The molecule has 0 unspecified atom stereocenters. The maximum Gasteiger partial charge on any atom is 0.231 e. The maximum atomic E-state index is 12.8. The van der Waals surface area contributed by atoms with Crippen LogP contribution in [0.2, 0.25) is 0 Å². The van der Waals surface area contributed by atoms with E-state index in [1.165, 1.54) is 38.8 Å². The Morgan fingerprint density at radius 1 is 0.941 bits per heavy atom. The second kappa shape index (κ2) is 9.49. The van der Waals surface area contributed by atoms with Gasteiger partial charge in [-0.05, 0) is 54.3 Å². The van der Waals surface area contributed by atoms with Gasteiger partial charge in [0, 0.05) is 22.2 Å². The predicted molar refractivity (Wildman–Crippen MR) is 143 cm³/mol. The normalized spacial score (nSPS) is 11.1. The third-order valence-electron chi connectivity index (χ3n) is 6.03. The van der Waals surface area contributed by atoms with Gasteiger partial charge in [-0.2, -0.15) is 0 Å². The first kappa shape index (κ1) is 22.4. The summed E-state index contributed by atoms with van der Waals surface area (Å²) < 4.78 is 0. The molecule has 0 aliphatic carbocycles. The summed E-state index contributed by atoms with van der Waals surface area (Å²) in [5, 5.41) is 9.09. The smallest absolute Gasteiger partial charge is 0.231 e. The molecule has 0 saturated heterocycles. The third kappa shape index (κ3) is 4.79. The van der Waals surface area contributed by atoms with Crippen LogP contribution in [0.3, 0.4) is 0 Å². The van der Waals surface area contributed by atoms with Crippen molar-refractivity contribution in [2.45, 2.75) is 33.6 Å². The molecule has 0 aliphatic rings. The topological polar surface area (TPSA) is 54.9 Å². The van der Waals surface area contributed by atoms with Gasteiger partial charge < -0.3 is 5.32 Å². The molecular formula is C28H25N3OS2. The Bertz CT molecular complexity index is 1490. The average Bonchev–Trinajstić information content (AvgIpc) is 3.42. The number of thiazole rings is 2. The van der Waals surface area contributed by atoms with Gasteiger partial charge in [-0.25, -0.2) is 9.97 Å². The zero-order chi connectivity index (χ0) is 23.7. The molecule has 1 amide bonds. The number of fused-ring (bicyclic) bond motifs is 1. The van der Waals surface area contributed by atoms with E-state index in [0.29, 0.717) is 11.6 Å². The van der Waals surface area contributed by atoms with Crippen molar-refractivity contribution in [3.63, 3.8) is 0 Å². The molecule has 34 heavy (non-hydrogen) atoms. The molecule has 0 spiro atoms. The Kier molecular flexibility index (Phi) is 6.26. The number of carbonyl (C=O) groups excluding carboxylic acids is 1. The Morgan fingerprint density at radius 2 is 1.76 bits per heavy atom. The van der Waals surface area contributed by atoms with Crippen molar-refractivity contribution in [1.29, 1.82) is 0 Å². The van der Waals surface area contributed by atoms with E-state index >= 15 is 0 Å². The molecule has 6 heteroatoms. The third-order valence-corrected chi connectivity index (χ3v) is 7.95. The number of hydrogen-bond donors (Lipinski definition) is 1. The average molecular weight is 484 g/mol. The fourth-order valence-corrected chi connectivity index (χ4v) is 5.84. The number of anilines is 1. The van der Waals surface area contributed by atoms with E-state index in [4.69, 9.17) is 4.98 Å². The monoisotopic (exact) mass is 483 g/mol. The van der Waals surface area contributed by atoms with Crippen LogP contribution < -0.4 is 5.32 Å². The molecule has 1 N–H and O–H groups in total. The van der Waals surface area contributed by atoms with E-state index < -0.39 is 0 Å². The lowest BCUT2D eigenvalue weighted by Gasteiger charge is -2.04. The molecule has 4 nitrogen and oxygen atoms in total. The lowest BCUT2D eigenvalue weighted by molar-refractivity contribution is -0.115. The Morgan fingerprint density at radius 3 is 2.62 bits per heavy atom. The molecule has 0 radical (unpaired) electrons. The Hall–Kier alpha value is -3.35. The van der Waals surface area contributed by atoms with Crippen molar-refractivity contribution in [1.82, 2.24) is 9.97 Å². The van der Waals surface area contributed by atoms with Crippen LogP contribution in [0.15, 0.2) is 66.0 Å². The van der Waals surface area contributed by atoms with Crippen molar-refractivity contribution in [3.8, 4) is 11.3 Å². The minimum absolute atomic E-state index is 0.0653. The first-order valence-electron chi connectivity index (χ1n) is 11.2. The van der Waals surface area contributed by atoms with Crippen LogP contribution in [0.5, 0.6) is 0 Å². The van der Waals surface area contributed by atoms with Crippen LogP contribution in [-0.4, -0.2) is 15.9 Å². The van der Waals surface area contributed by atoms with Gasteiger partial charge in [0.15, 0.2) is 5.13 Å². The number of benzene rings is 3. The molecule has 170 valence electrons. The molecule has 0 bridgehead atoms. The summed E-state index contributed by atoms with van der Waals surface area (Å²) in [5.41, 5.74) is 6.61. The molecular weight excluding hydrogens is 458 g/mol. The Balaban J connectivity index is 1.27. The number of nitrogens with zero attached hydrogens (tertiary/aromatic N) is 2. The number of nitrogens with one attached hydrogen (secondary N) is 1. The van der Waals surface area contributed by atoms with E-state index in [1.54, 1.807) is 11.3 Å². The summed E-state index contributed by atoms with van der Waals surface area (Å²) in [6, 6.07) is 21.1. The van der Waals surface area contributed by atoms with Crippen LogP contribution in [0.4, 0.5) is 5.13 Å². The van der Waals surface area contributed by atoms with E-state index in [0.717, 1.165) is 33.3 Å². The van der Waals surface area contributed by atoms with Gasteiger partial charge in [0.25, 0.3) is 0 Å². The molecule has 0 saturated carbocycles. The molecule has 2 heterocycles. The van der Waals surface area contributed by atoms with Gasteiger partial charge in [0.2, 0.25) is 5.91 Å². The number of amides is 1. The number of rotatable bonds is 6. The zero-order valence-corrected chi connectivity index (χ0v) is 21.0. The number of aromatic nitrogens is 2. The minimum atomic E-state index is -0.0653. The molecule has 2 aromatic heterocycles. The van der Waals surface area contributed by atoms with E-state index in [1.807, 2.05) is 12.3 Å². The van der Waals surface area contributed by atoms with Crippen LogP contribution in [0.1, 0.15) is 32.3 Å². The van der Waals surface area contributed by atoms with Crippen LogP contribution in [0.25, 0.3) is 22.0 Å². The highest BCUT2D eigenvalue weighted by atomic mass is 32.1. The van der Waals surface area contributed by atoms with Gasteiger partial charge in [-0.3, -0.25) is 4.79 Å². The van der Waals surface area contributed by atoms with Crippen molar-refractivity contribution >= 4 is 44.5 Å². The van der Waals surface area contributed by atoms with Crippen molar-refractivity contribution < 1.29 is 4.79 Å². The number of carbonyl (C=O) groups is 1. The molecule has 0 atom stereocenters. The minimum Gasteiger partial charge on any atom is -0.302 e.